The number of hydrogen-bond donors (Lipinski definition) is 0. The lowest BCUT2D eigenvalue weighted by Crippen LogP contribution is -2.44. The summed E-state index contributed by atoms with van der Waals surface area (Å²) in [7, 11) is 0. The van der Waals surface area contributed by atoms with Crippen LogP contribution in [0.4, 0.5) is 0 Å². The van der Waals surface area contributed by atoms with E-state index < -0.39 is 5.41 Å². The second kappa shape index (κ2) is 6.14. The summed E-state index contributed by atoms with van der Waals surface area (Å²) in [4.78, 5) is 21.3. The third kappa shape index (κ3) is 2.41. The molecule has 3 heterocycles. The van der Waals surface area contributed by atoms with Gasteiger partial charge in [0, 0.05) is 25.6 Å². The van der Waals surface area contributed by atoms with Crippen LogP contribution >= 0.6 is 27.5 Å². The molecular weight excluding hydrogens is 374 g/mol. The molecule has 0 N–H and O–H groups in total. The molecule has 1 saturated heterocycles. The molecule has 2 aromatic rings. The molecule has 0 amide bonds. The minimum Gasteiger partial charge on any atom is -0.465 e. The SMILES string of the molecule is CCOC(=O)C1(c2nc(Br)c3c(Cl)nccn23)CCOCC1. The van der Waals surface area contributed by atoms with Gasteiger partial charge in [0.1, 0.15) is 21.4 Å². The molecule has 0 aliphatic carbocycles. The molecule has 0 saturated carbocycles. The first-order chi connectivity index (χ1) is 10.6. The summed E-state index contributed by atoms with van der Waals surface area (Å²) < 4.78 is 13.1. The number of ether oxygens (including phenoxy) is 2. The van der Waals surface area contributed by atoms with Gasteiger partial charge in [0.05, 0.1) is 6.61 Å². The monoisotopic (exact) mass is 387 g/mol. The summed E-state index contributed by atoms with van der Waals surface area (Å²) >= 11 is 9.57. The molecule has 2 aromatic heterocycles. The van der Waals surface area contributed by atoms with Crippen molar-refractivity contribution in [1.29, 1.82) is 0 Å². The van der Waals surface area contributed by atoms with Crippen LogP contribution < -0.4 is 0 Å². The van der Waals surface area contributed by atoms with Crippen molar-refractivity contribution >= 4 is 39.0 Å². The van der Waals surface area contributed by atoms with Gasteiger partial charge in [-0.2, -0.15) is 0 Å². The van der Waals surface area contributed by atoms with Crippen LogP contribution in [0, 0.1) is 0 Å². The third-order valence-corrected chi connectivity index (χ3v) is 4.74. The molecule has 0 aromatic carbocycles. The molecule has 1 aliphatic rings. The summed E-state index contributed by atoms with van der Waals surface area (Å²) in [6.45, 7) is 3.11. The molecule has 0 atom stereocenters. The van der Waals surface area contributed by atoms with Crippen molar-refractivity contribution in [2.24, 2.45) is 0 Å². The van der Waals surface area contributed by atoms with Crippen molar-refractivity contribution in [3.63, 3.8) is 0 Å². The highest BCUT2D eigenvalue weighted by Gasteiger charge is 2.47. The van der Waals surface area contributed by atoms with Crippen LogP contribution in [0.5, 0.6) is 0 Å². The Balaban J connectivity index is 2.21. The molecule has 6 nitrogen and oxygen atoms in total. The molecule has 1 fully saturated rings. The number of fused-ring (bicyclic) bond motifs is 1. The molecule has 0 spiro atoms. The number of esters is 1. The lowest BCUT2D eigenvalue weighted by Gasteiger charge is -2.33. The molecule has 0 bridgehead atoms. The van der Waals surface area contributed by atoms with Crippen molar-refractivity contribution in [2.45, 2.75) is 25.2 Å². The number of carbonyl (C=O) groups excluding carboxylic acids is 1. The Bertz CT molecular complexity index is 713. The molecule has 22 heavy (non-hydrogen) atoms. The number of carbonyl (C=O) groups is 1. The number of rotatable bonds is 3. The van der Waals surface area contributed by atoms with Gasteiger partial charge in [0.2, 0.25) is 0 Å². The Kier molecular flexibility index (Phi) is 4.38. The smallest absolute Gasteiger partial charge is 0.319 e. The fourth-order valence-electron chi connectivity index (χ4n) is 2.81. The Hall–Kier alpha value is -1.18. The molecule has 118 valence electrons. The van der Waals surface area contributed by atoms with Crippen LogP contribution in [0.2, 0.25) is 5.15 Å². The van der Waals surface area contributed by atoms with E-state index in [9.17, 15) is 4.79 Å². The van der Waals surface area contributed by atoms with Crippen molar-refractivity contribution in [1.82, 2.24) is 14.4 Å². The van der Waals surface area contributed by atoms with Gasteiger partial charge in [0.15, 0.2) is 5.15 Å². The van der Waals surface area contributed by atoms with E-state index in [1.165, 1.54) is 0 Å². The van der Waals surface area contributed by atoms with E-state index in [0.29, 0.717) is 53.8 Å². The van der Waals surface area contributed by atoms with Gasteiger partial charge in [0.25, 0.3) is 0 Å². The third-order valence-electron chi connectivity index (χ3n) is 3.91. The second-order valence-electron chi connectivity index (χ2n) is 5.08. The van der Waals surface area contributed by atoms with Gasteiger partial charge < -0.3 is 9.47 Å². The minimum absolute atomic E-state index is 0.273. The maximum absolute atomic E-state index is 12.7. The van der Waals surface area contributed by atoms with Gasteiger partial charge >= 0.3 is 5.97 Å². The highest BCUT2D eigenvalue weighted by Crippen LogP contribution is 2.38. The molecule has 3 rings (SSSR count). The average molecular weight is 389 g/mol. The zero-order valence-corrected chi connectivity index (χ0v) is 14.4. The van der Waals surface area contributed by atoms with Crippen molar-refractivity contribution in [2.75, 3.05) is 19.8 Å². The fraction of sp³-hybridized carbons (Fsp3) is 0.500. The standard InChI is InChI=1S/C14H15BrClN3O3/c1-2-22-13(20)14(3-7-21-8-4-14)12-18-10(15)9-11(16)17-5-6-19(9)12/h5-6H,2-4,7-8H2,1H3. The largest absolute Gasteiger partial charge is 0.465 e. The molecule has 0 radical (unpaired) electrons. The highest BCUT2D eigenvalue weighted by atomic mass is 79.9. The van der Waals surface area contributed by atoms with Gasteiger partial charge in [-0.05, 0) is 35.7 Å². The first-order valence-electron chi connectivity index (χ1n) is 7.03. The number of imidazole rings is 1. The van der Waals surface area contributed by atoms with Crippen molar-refractivity contribution < 1.29 is 14.3 Å². The van der Waals surface area contributed by atoms with E-state index in [4.69, 9.17) is 21.1 Å². The van der Waals surface area contributed by atoms with Gasteiger partial charge in [-0.15, -0.1) is 0 Å². The number of nitrogens with zero attached hydrogens (tertiary/aromatic N) is 3. The van der Waals surface area contributed by atoms with Crippen LogP contribution in [-0.4, -0.2) is 40.2 Å². The molecular formula is C14H15BrClN3O3. The summed E-state index contributed by atoms with van der Waals surface area (Å²) in [6, 6.07) is 0. The summed E-state index contributed by atoms with van der Waals surface area (Å²) in [5.41, 5.74) is -0.178. The lowest BCUT2D eigenvalue weighted by atomic mass is 9.79. The Labute approximate surface area is 140 Å². The normalized spacial score (nSPS) is 17.6. The number of halogens is 2. The van der Waals surface area contributed by atoms with E-state index in [2.05, 4.69) is 25.9 Å². The van der Waals surface area contributed by atoms with Gasteiger partial charge in [-0.25, -0.2) is 9.97 Å². The summed E-state index contributed by atoms with van der Waals surface area (Å²) in [5, 5.41) is 0.333. The van der Waals surface area contributed by atoms with E-state index >= 15 is 0 Å². The van der Waals surface area contributed by atoms with E-state index in [-0.39, 0.29) is 5.97 Å². The Morgan fingerprint density at radius 2 is 2.27 bits per heavy atom. The predicted molar refractivity (Wildman–Crippen MR) is 84.1 cm³/mol. The predicted octanol–water partition coefficient (Wildman–Crippen LogP) is 2.76. The maximum atomic E-state index is 12.7. The lowest BCUT2D eigenvalue weighted by molar-refractivity contribution is -0.154. The van der Waals surface area contributed by atoms with E-state index in [0.717, 1.165) is 0 Å². The highest BCUT2D eigenvalue weighted by molar-refractivity contribution is 9.10. The quantitative estimate of drug-likeness (QED) is 0.757. The number of hydrogen-bond acceptors (Lipinski definition) is 5. The summed E-state index contributed by atoms with van der Waals surface area (Å²) in [6.07, 6.45) is 4.39. The zero-order valence-electron chi connectivity index (χ0n) is 12.0. The van der Waals surface area contributed by atoms with E-state index in [1.54, 1.807) is 19.3 Å². The van der Waals surface area contributed by atoms with E-state index in [1.807, 2.05) is 4.40 Å². The Morgan fingerprint density at radius 1 is 1.55 bits per heavy atom. The first kappa shape index (κ1) is 15.7. The van der Waals surface area contributed by atoms with Crippen molar-refractivity contribution in [3.8, 4) is 0 Å². The maximum Gasteiger partial charge on any atom is 0.319 e. The minimum atomic E-state index is -0.826. The number of aromatic nitrogens is 3. The Morgan fingerprint density at radius 3 is 2.95 bits per heavy atom. The zero-order chi connectivity index (χ0) is 15.7. The van der Waals surface area contributed by atoms with Crippen LogP contribution in [-0.2, 0) is 19.7 Å². The molecule has 1 aliphatic heterocycles. The van der Waals surface area contributed by atoms with Gasteiger partial charge in [-0.1, -0.05) is 11.6 Å². The molecule has 0 unspecified atom stereocenters. The van der Waals surface area contributed by atoms with Crippen LogP contribution in [0.25, 0.3) is 5.52 Å². The average Bonchev–Trinajstić information content (AvgIpc) is 2.87. The van der Waals surface area contributed by atoms with Crippen molar-refractivity contribution in [3.05, 3.63) is 28.0 Å². The van der Waals surface area contributed by atoms with Crippen LogP contribution in [0.15, 0.2) is 17.0 Å². The fourth-order valence-corrected chi connectivity index (χ4v) is 3.70. The first-order valence-corrected chi connectivity index (χ1v) is 8.21. The van der Waals surface area contributed by atoms with Crippen LogP contribution in [0.1, 0.15) is 25.6 Å². The van der Waals surface area contributed by atoms with Gasteiger partial charge in [-0.3, -0.25) is 9.20 Å². The summed E-state index contributed by atoms with van der Waals surface area (Å²) in [5.74, 6) is 0.339. The second-order valence-corrected chi connectivity index (χ2v) is 6.19. The molecule has 8 heteroatoms. The topological polar surface area (TPSA) is 65.7 Å². The van der Waals surface area contributed by atoms with Crippen LogP contribution in [0.3, 0.4) is 0 Å².